The molecule has 0 spiro atoms. The number of thiophene rings is 1. The number of imidazole rings is 1. The molecule has 0 aromatic carbocycles. The Hall–Kier alpha value is -2.49. The number of likely N-dealkylation sites (tertiary alicyclic amines) is 1. The second kappa shape index (κ2) is 7.02. The second-order valence-corrected chi connectivity index (χ2v) is 7.25. The highest BCUT2D eigenvalue weighted by Gasteiger charge is 2.37. The molecule has 8 nitrogen and oxygen atoms in total. The molecule has 3 aromatic heterocycles. The monoisotopic (exact) mass is 372 g/mol. The van der Waals surface area contributed by atoms with Crippen LogP contribution in [0.4, 0.5) is 0 Å². The lowest BCUT2D eigenvalue weighted by Crippen LogP contribution is -2.40. The van der Waals surface area contributed by atoms with Crippen LogP contribution in [0.15, 0.2) is 35.3 Å². The van der Waals surface area contributed by atoms with Gasteiger partial charge in [0.15, 0.2) is 0 Å². The number of likely N-dealkylation sites (N-methyl/N-ethyl adjacent to an activating group) is 1. The molecule has 0 unspecified atom stereocenters. The zero-order valence-electron chi connectivity index (χ0n) is 14.3. The van der Waals surface area contributed by atoms with E-state index < -0.39 is 6.10 Å². The predicted molar refractivity (Wildman–Crippen MR) is 97.7 cm³/mol. The summed E-state index contributed by atoms with van der Waals surface area (Å²) in [7, 11) is 1.93. The lowest BCUT2D eigenvalue weighted by atomic mass is 10.2. The van der Waals surface area contributed by atoms with Gasteiger partial charge >= 0.3 is 0 Å². The van der Waals surface area contributed by atoms with E-state index in [4.69, 9.17) is 0 Å². The molecule has 0 saturated carbocycles. The maximum absolute atomic E-state index is 12.8. The Balaban J connectivity index is 1.43. The molecular formula is C17H20N6O2S. The fourth-order valence-corrected chi connectivity index (χ4v) is 3.92. The van der Waals surface area contributed by atoms with Gasteiger partial charge in [-0.3, -0.25) is 14.8 Å². The Morgan fingerprint density at radius 1 is 1.50 bits per heavy atom. The summed E-state index contributed by atoms with van der Waals surface area (Å²) in [6.45, 7) is 1.35. The normalized spacial score (nSPS) is 20.2. The number of aromatic nitrogens is 4. The minimum atomic E-state index is -0.599. The number of aliphatic hydroxyl groups is 1. The van der Waals surface area contributed by atoms with Gasteiger partial charge in [0.05, 0.1) is 24.4 Å². The van der Waals surface area contributed by atoms with E-state index in [0.29, 0.717) is 25.3 Å². The van der Waals surface area contributed by atoms with E-state index in [1.807, 2.05) is 28.8 Å². The van der Waals surface area contributed by atoms with Gasteiger partial charge in [-0.1, -0.05) is 0 Å². The Morgan fingerprint density at radius 3 is 3.12 bits per heavy atom. The van der Waals surface area contributed by atoms with Gasteiger partial charge in [-0.15, -0.1) is 0 Å². The third-order valence-electron chi connectivity index (χ3n) is 4.69. The largest absolute Gasteiger partial charge is 0.390 e. The fourth-order valence-electron chi connectivity index (χ4n) is 3.27. The summed E-state index contributed by atoms with van der Waals surface area (Å²) in [6.07, 6.45) is 2.87. The number of carbonyl (C=O) groups excluding carboxylic acids is 1. The van der Waals surface area contributed by atoms with E-state index in [1.165, 1.54) is 0 Å². The first kappa shape index (κ1) is 17.0. The summed E-state index contributed by atoms with van der Waals surface area (Å²) in [5.74, 6) is 0.686. The van der Waals surface area contributed by atoms with Gasteiger partial charge in [0.2, 0.25) is 0 Å². The first-order valence-corrected chi connectivity index (χ1v) is 9.30. The zero-order chi connectivity index (χ0) is 18.1. The third-order valence-corrected chi connectivity index (χ3v) is 5.37. The van der Waals surface area contributed by atoms with Crippen LogP contribution in [0.1, 0.15) is 16.3 Å². The smallest absolute Gasteiger partial charge is 0.272 e. The van der Waals surface area contributed by atoms with E-state index in [2.05, 4.69) is 20.2 Å². The highest BCUT2D eigenvalue weighted by molar-refractivity contribution is 7.08. The number of nitrogens with one attached hydrogen (secondary N) is 2. The molecule has 1 amide bonds. The van der Waals surface area contributed by atoms with Crippen LogP contribution in [-0.2, 0) is 6.54 Å². The standard InChI is InChI=1S/C17H20N6O2S/c1-22(9-16-18-3-4-19-16)14-7-23(8-15(14)24)17(25)13-6-12(20-21-13)11-2-5-26-10-11/h2-6,10,14-15,24H,7-9H2,1H3,(H,18,19)(H,20,21)/t14-,15-/m1/s1. The van der Waals surface area contributed by atoms with Crippen molar-refractivity contribution in [3.8, 4) is 11.3 Å². The van der Waals surface area contributed by atoms with Gasteiger partial charge < -0.3 is 15.0 Å². The summed E-state index contributed by atoms with van der Waals surface area (Å²) >= 11 is 1.59. The topological polar surface area (TPSA) is 101 Å². The summed E-state index contributed by atoms with van der Waals surface area (Å²) in [6, 6.07) is 3.59. The highest BCUT2D eigenvalue weighted by atomic mass is 32.1. The van der Waals surface area contributed by atoms with Crippen LogP contribution in [0.3, 0.4) is 0 Å². The maximum atomic E-state index is 12.8. The van der Waals surface area contributed by atoms with Gasteiger partial charge in [0, 0.05) is 36.4 Å². The van der Waals surface area contributed by atoms with Crippen molar-refractivity contribution < 1.29 is 9.90 Å². The fraction of sp³-hybridized carbons (Fsp3) is 0.353. The molecule has 1 aliphatic heterocycles. The molecular weight excluding hydrogens is 352 g/mol. The Kier molecular flexibility index (Phi) is 4.58. The van der Waals surface area contributed by atoms with Crippen molar-refractivity contribution in [1.82, 2.24) is 30.0 Å². The quantitative estimate of drug-likeness (QED) is 0.624. The number of aromatic amines is 2. The second-order valence-electron chi connectivity index (χ2n) is 6.47. The van der Waals surface area contributed by atoms with Gasteiger partial charge in [0.25, 0.3) is 5.91 Å². The molecule has 0 bridgehead atoms. The molecule has 0 radical (unpaired) electrons. The van der Waals surface area contributed by atoms with Crippen molar-refractivity contribution in [3.63, 3.8) is 0 Å². The number of rotatable bonds is 5. The molecule has 4 rings (SSSR count). The molecule has 136 valence electrons. The van der Waals surface area contributed by atoms with Crippen molar-refractivity contribution in [2.45, 2.75) is 18.7 Å². The molecule has 1 saturated heterocycles. The van der Waals surface area contributed by atoms with E-state index in [1.54, 1.807) is 34.7 Å². The molecule has 3 aromatic rings. The molecule has 4 heterocycles. The lowest BCUT2D eigenvalue weighted by Gasteiger charge is -2.25. The van der Waals surface area contributed by atoms with Crippen LogP contribution < -0.4 is 0 Å². The zero-order valence-corrected chi connectivity index (χ0v) is 15.1. The number of hydrogen-bond acceptors (Lipinski definition) is 6. The lowest BCUT2D eigenvalue weighted by molar-refractivity contribution is 0.0757. The maximum Gasteiger partial charge on any atom is 0.272 e. The minimum absolute atomic E-state index is 0.136. The summed E-state index contributed by atoms with van der Waals surface area (Å²) < 4.78 is 0. The first-order valence-electron chi connectivity index (χ1n) is 8.35. The molecule has 26 heavy (non-hydrogen) atoms. The third kappa shape index (κ3) is 3.28. The van der Waals surface area contributed by atoms with Crippen LogP contribution in [0.2, 0.25) is 0 Å². The summed E-state index contributed by atoms with van der Waals surface area (Å²) in [4.78, 5) is 23.7. The Labute approximate surface area is 154 Å². The van der Waals surface area contributed by atoms with Crippen molar-refractivity contribution in [1.29, 1.82) is 0 Å². The van der Waals surface area contributed by atoms with Crippen LogP contribution in [0, 0.1) is 0 Å². The minimum Gasteiger partial charge on any atom is -0.390 e. The number of H-pyrrole nitrogens is 2. The van der Waals surface area contributed by atoms with E-state index in [0.717, 1.165) is 17.1 Å². The van der Waals surface area contributed by atoms with Gasteiger partial charge in [0.1, 0.15) is 11.5 Å². The summed E-state index contributed by atoms with van der Waals surface area (Å²) in [5, 5.41) is 21.4. The number of carbonyl (C=O) groups is 1. The van der Waals surface area contributed by atoms with E-state index in [-0.39, 0.29) is 11.9 Å². The van der Waals surface area contributed by atoms with Gasteiger partial charge in [-0.2, -0.15) is 16.4 Å². The molecule has 0 aliphatic carbocycles. The Bertz CT molecular complexity index is 860. The Morgan fingerprint density at radius 2 is 2.38 bits per heavy atom. The predicted octanol–water partition coefficient (Wildman–Crippen LogP) is 1.18. The molecule has 3 N–H and O–H groups in total. The number of β-amino-alcohol motifs (C(OH)–C–C–N with tert-alkyl or cyclic N) is 1. The van der Waals surface area contributed by atoms with Gasteiger partial charge in [-0.25, -0.2) is 4.98 Å². The van der Waals surface area contributed by atoms with E-state index in [9.17, 15) is 9.90 Å². The molecule has 2 atom stereocenters. The van der Waals surface area contributed by atoms with Crippen molar-refractivity contribution in [2.75, 3.05) is 20.1 Å². The van der Waals surface area contributed by atoms with Crippen molar-refractivity contribution in [3.05, 3.63) is 46.8 Å². The van der Waals surface area contributed by atoms with Crippen molar-refractivity contribution in [2.24, 2.45) is 0 Å². The highest BCUT2D eigenvalue weighted by Crippen LogP contribution is 2.23. The molecule has 1 aliphatic rings. The molecule has 9 heteroatoms. The SMILES string of the molecule is CN(Cc1ncc[nH]1)[C@@H]1CN(C(=O)c2cc(-c3ccsc3)n[nH]2)C[C@H]1O. The van der Waals surface area contributed by atoms with Crippen LogP contribution in [0.25, 0.3) is 11.3 Å². The van der Waals surface area contributed by atoms with Crippen molar-refractivity contribution >= 4 is 17.2 Å². The van der Waals surface area contributed by atoms with Crippen LogP contribution in [-0.4, -0.2) is 73.3 Å². The number of nitrogens with zero attached hydrogens (tertiary/aromatic N) is 4. The average Bonchev–Trinajstić information content (AvgIpc) is 3.40. The number of hydrogen-bond donors (Lipinski definition) is 3. The summed E-state index contributed by atoms with van der Waals surface area (Å²) in [5.41, 5.74) is 2.18. The molecule has 1 fully saturated rings. The first-order chi connectivity index (χ1) is 12.6. The van der Waals surface area contributed by atoms with Crippen LogP contribution in [0.5, 0.6) is 0 Å². The number of aliphatic hydroxyl groups excluding tert-OH is 1. The number of amides is 1. The van der Waals surface area contributed by atoms with Crippen LogP contribution >= 0.6 is 11.3 Å². The van der Waals surface area contributed by atoms with E-state index >= 15 is 0 Å². The van der Waals surface area contributed by atoms with Gasteiger partial charge in [-0.05, 0) is 24.6 Å². The average molecular weight is 372 g/mol.